The van der Waals surface area contributed by atoms with E-state index in [0.717, 1.165) is 25.7 Å². The van der Waals surface area contributed by atoms with Gasteiger partial charge in [0.05, 0.1) is 13.2 Å². The van der Waals surface area contributed by atoms with Crippen molar-refractivity contribution in [3.8, 4) is 0 Å². The summed E-state index contributed by atoms with van der Waals surface area (Å²) in [5.41, 5.74) is 0. The number of rotatable bonds is 18. The molecule has 0 rings (SSSR count). The molecule has 7 nitrogen and oxygen atoms in total. The van der Waals surface area contributed by atoms with Gasteiger partial charge in [-0.05, 0) is 25.7 Å². The summed E-state index contributed by atoms with van der Waals surface area (Å²) < 4.78 is 23.2. The second-order valence-corrected chi connectivity index (χ2v) is 6.49. The molecule has 1 atom stereocenters. The number of hydrogen-bond acceptors (Lipinski definition) is 6. The molecule has 0 fully saturated rings. The van der Waals surface area contributed by atoms with Gasteiger partial charge in [-0.15, -0.1) is 0 Å². The number of aliphatic carboxylic acids is 1. The predicted octanol–water partition coefficient (Wildman–Crippen LogP) is 4.62. The molecule has 160 valence electrons. The van der Waals surface area contributed by atoms with Gasteiger partial charge in [-0.1, -0.05) is 40.5 Å². The van der Waals surface area contributed by atoms with Gasteiger partial charge in [0.2, 0.25) is 6.29 Å². The number of unbranched alkanes of at least 4 members (excludes halogenated alkanes) is 3. The first-order valence-corrected chi connectivity index (χ1v) is 10.3. The highest BCUT2D eigenvalue weighted by molar-refractivity contribution is 5.69. The fraction of sp³-hybridized carbons (Fsp3) is 0.900. The fourth-order valence-electron chi connectivity index (χ4n) is 2.28. The van der Waals surface area contributed by atoms with Crippen molar-refractivity contribution in [1.82, 2.24) is 0 Å². The lowest BCUT2D eigenvalue weighted by Crippen LogP contribution is -2.43. The van der Waals surface area contributed by atoms with Gasteiger partial charge in [0, 0.05) is 25.7 Å². The topological polar surface area (TPSA) is 91.3 Å². The lowest BCUT2D eigenvalue weighted by molar-refractivity contribution is -0.416. The molecule has 0 amide bonds. The minimum Gasteiger partial charge on any atom is -0.481 e. The number of carbonyl (C=O) groups is 2. The van der Waals surface area contributed by atoms with Gasteiger partial charge in [0.15, 0.2) is 0 Å². The van der Waals surface area contributed by atoms with Crippen LogP contribution in [0.2, 0.25) is 0 Å². The maximum absolute atomic E-state index is 12.0. The molecule has 0 aliphatic rings. The molecule has 7 heteroatoms. The zero-order valence-corrected chi connectivity index (χ0v) is 17.5. The van der Waals surface area contributed by atoms with Gasteiger partial charge in [-0.25, -0.2) is 0 Å². The smallest absolute Gasteiger partial charge is 0.308 e. The van der Waals surface area contributed by atoms with Crippen molar-refractivity contribution in [3.63, 3.8) is 0 Å². The molecule has 0 aromatic rings. The second-order valence-electron chi connectivity index (χ2n) is 6.49. The third kappa shape index (κ3) is 12.8. The summed E-state index contributed by atoms with van der Waals surface area (Å²) in [6.07, 6.45) is 5.10. The van der Waals surface area contributed by atoms with E-state index in [1.807, 2.05) is 13.8 Å². The van der Waals surface area contributed by atoms with Gasteiger partial charge >= 0.3 is 11.9 Å². The Balaban J connectivity index is 4.69. The molecular weight excluding hydrogens is 352 g/mol. The number of esters is 1. The monoisotopic (exact) mass is 390 g/mol. The fourth-order valence-corrected chi connectivity index (χ4v) is 2.28. The van der Waals surface area contributed by atoms with Crippen LogP contribution >= 0.6 is 0 Å². The Bertz CT molecular complexity index is 388. The van der Waals surface area contributed by atoms with E-state index in [9.17, 15) is 9.59 Å². The number of carbonyl (C=O) groups excluding carboxylic acids is 1. The summed E-state index contributed by atoms with van der Waals surface area (Å²) in [4.78, 5) is 22.5. The molecule has 0 saturated heterocycles. The van der Waals surface area contributed by atoms with E-state index in [2.05, 4.69) is 13.8 Å². The quantitative estimate of drug-likeness (QED) is 0.207. The first kappa shape index (κ1) is 25.8. The van der Waals surface area contributed by atoms with Gasteiger partial charge in [-0.2, -0.15) is 0 Å². The molecule has 0 aromatic heterocycles. The van der Waals surface area contributed by atoms with Crippen molar-refractivity contribution < 1.29 is 33.6 Å². The Labute approximate surface area is 163 Å². The molecule has 0 aliphatic carbocycles. The highest BCUT2D eigenvalue weighted by Crippen LogP contribution is 2.25. The van der Waals surface area contributed by atoms with Crippen LogP contribution in [0, 0.1) is 0 Å². The molecule has 0 bridgehead atoms. The average molecular weight is 391 g/mol. The van der Waals surface area contributed by atoms with Gasteiger partial charge in [0.1, 0.15) is 0 Å². The largest absolute Gasteiger partial charge is 0.481 e. The lowest BCUT2D eigenvalue weighted by atomic mass is 10.2. The van der Waals surface area contributed by atoms with E-state index in [4.69, 9.17) is 24.1 Å². The lowest BCUT2D eigenvalue weighted by Gasteiger charge is -2.35. The minimum atomic E-state index is -1.21. The van der Waals surface area contributed by atoms with Crippen LogP contribution in [0.15, 0.2) is 0 Å². The number of hydrogen-bond donors (Lipinski definition) is 1. The highest BCUT2D eigenvalue weighted by Gasteiger charge is 2.35. The molecule has 0 saturated carbocycles. The van der Waals surface area contributed by atoms with Crippen molar-refractivity contribution in [1.29, 1.82) is 0 Å². The summed E-state index contributed by atoms with van der Waals surface area (Å²) >= 11 is 0. The van der Waals surface area contributed by atoms with Crippen molar-refractivity contribution in [2.45, 2.75) is 104 Å². The molecule has 0 spiro atoms. The average Bonchev–Trinajstić information content (AvgIpc) is 2.64. The summed E-state index contributed by atoms with van der Waals surface area (Å²) in [6, 6.07) is 0. The van der Waals surface area contributed by atoms with Crippen LogP contribution in [-0.4, -0.2) is 42.5 Å². The summed E-state index contributed by atoms with van der Waals surface area (Å²) in [5, 5.41) is 8.63. The van der Waals surface area contributed by atoms with Crippen LogP contribution in [0.3, 0.4) is 0 Å². The van der Waals surface area contributed by atoms with E-state index in [1.54, 1.807) is 0 Å². The van der Waals surface area contributed by atoms with Crippen LogP contribution in [-0.2, 0) is 28.5 Å². The van der Waals surface area contributed by atoms with Crippen molar-refractivity contribution in [2.24, 2.45) is 0 Å². The van der Waals surface area contributed by atoms with E-state index in [0.29, 0.717) is 38.9 Å². The third-order valence-corrected chi connectivity index (χ3v) is 4.00. The van der Waals surface area contributed by atoms with Crippen LogP contribution in [0.5, 0.6) is 0 Å². The van der Waals surface area contributed by atoms with Crippen LogP contribution in [0.1, 0.15) is 91.9 Å². The third-order valence-electron chi connectivity index (χ3n) is 4.00. The maximum atomic E-state index is 12.0. The van der Waals surface area contributed by atoms with Crippen molar-refractivity contribution in [3.05, 3.63) is 0 Å². The predicted molar refractivity (Wildman–Crippen MR) is 102 cm³/mol. The maximum Gasteiger partial charge on any atom is 0.308 e. The molecule has 0 radical (unpaired) electrons. The minimum absolute atomic E-state index is 0.0521. The Kier molecular flexibility index (Phi) is 15.1. The zero-order valence-electron chi connectivity index (χ0n) is 17.5. The normalized spacial score (nSPS) is 12.7. The molecule has 0 aromatic carbocycles. The highest BCUT2D eigenvalue weighted by atomic mass is 16.9. The van der Waals surface area contributed by atoms with E-state index >= 15 is 0 Å². The van der Waals surface area contributed by atoms with Gasteiger partial charge < -0.3 is 19.3 Å². The summed E-state index contributed by atoms with van der Waals surface area (Å²) in [5.74, 6) is -2.48. The number of carboxylic acid groups (broad SMARTS) is 1. The molecule has 27 heavy (non-hydrogen) atoms. The number of ether oxygens (including phenoxy) is 4. The SMILES string of the molecule is CCCCOC(CC)(OCCCC)OC(CC)OC(=O)CCCCC(=O)O. The van der Waals surface area contributed by atoms with E-state index in [1.165, 1.54) is 0 Å². The zero-order chi connectivity index (χ0) is 20.5. The molecule has 1 unspecified atom stereocenters. The van der Waals surface area contributed by atoms with E-state index < -0.39 is 24.2 Å². The molecular formula is C20H38O7. The Morgan fingerprint density at radius 3 is 1.89 bits per heavy atom. The van der Waals surface area contributed by atoms with E-state index in [-0.39, 0.29) is 12.8 Å². The van der Waals surface area contributed by atoms with Crippen molar-refractivity contribution in [2.75, 3.05) is 13.2 Å². The van der Waals surface area contributed by atoms with Crippen molar-refractivity contribution >= 4 is 11.9 Å². The molecule has 0 aliphatic heterocycles. The van der Waals surface area contributed by atoms with Crippen LogP contribution < -0.4 is 0 Å². The number of carboxylic acids is 1. The van der Waals surface area contributed by atoms with Crippen LogP contribution in [0.4, 0.5) is 0 Å². The Morgan fingerprint density at radius 1 is 0.889 bits per heavy atom. The summed E-state index contributed by atoms with van der Waals surface area (Å²) in [6.45, 7) is 8.96. The second kappa shape index (κ2) is 15.8. The molecule has 0 heterocycles. The summed E-state index contributed by atoms with van der Waals surface area (Å²) in [7, 11) is 0. The van der Waals surface area contributed by atoms with Crippen LogP contribution in [0.25, 0.3) is 0 Å². The molecule has 1 N–H and O–H groups in total. The first-order chi connectivity index (χ1) is 12.9. The van der Waals surface area contributed by atoms with Gasteiger partial charge in [0.25, 0.3) is 5.97 Å². The standard InChI is InChI=1S/C20H38O7/c1-5-9-15-24-20(8-4,25-16-10-6-2)27-19(7-3)26-18(23)14-12-11-13-17(21)22/h19H,5-16H2,1-4H3,(H,21,22). The Hall–Kier alpha value is -1.18. The first-order valence-electron chi connectivity index (χ1n) is 10.3. The Morgan fingerprint density at radius 2 is 1.44 bits per heavy atom. The van der Waals surface area contributed by atoms with Gasteiger partial charge in [-0.3, -0.25) is 14.3 Å².